The van der Waals surface area contributed by atoms with Crippen LogP contribution < -0.4 is 14.2 Å². The van der Waals surface area contributed by atoms with Gasteiger partial charge in [-0.05, 0) is 72.0 Å². The number of aryl methyl sites for hydroxylation is 1. The van der Waals surface area contributed by atoms with Gasteiger partial charge in [0.1, 0.15) is 18.0 Å². The van der Waals surface area contributed by atoms with Gasteiger partial charge in [0.05, 0.1) is 11.9 Å². The van der Waals surface area contributed by atoms with Crippen LogP contribution in [0.15, 0.2) is 60.8 Å². The lowest BCUT2D eigenvalue weighted by atomic mass is 10.0. The van der Waals surface area contributed by atoms with E-state index < -0.39 is 12.5 Å². The van der Waals surface area contributed by atoms with E-state index in [2.05, 4.69) is 9.84 Å². The van der Waals surface area contributed by atoms with Gasteiger partial charge in [0.15, 0.2) is 10.8 Å². The van der Waals surface area contributed by atoms with Gasteiger partial charge >= 0.3 is 12.5 Å². The van der Waals surface area contributed by atoms with Crippen LogP contribution in [0.4, 0.5) is 18.0 Å². The summed E-state index contributed by atoms with van der Waals surface area (Å²) in [6, 6.07) is 14.6. The van der Waals surface area contributed by atoms with Crippen molar-refractivity contribution in [1.29, 1.82) is 0 Å². The van der Waals surface area contributed by atoms with E-state index in [0.29, 0.717) is 11.4 Å². The average Bonchev–Trinajstić information content (AvgIpc) is 3.44. The highest BCUT2D eigenvalue weighted by Gasteiger charge is 2.32. The molecule has 0 spiro atoms. The molecule has 0 atom stereocenters. The van der Waals surface area contributed by atoms with Crippen LogP contribution in [0.5, 0.6) is 16.6 Å². The van der Waals surface area contributed by atoms with Gasteiger partial charge in [-0.25, -0.2) is 9.48 Å². The largest absolute Gasteiger partial charge is 0.573 e. The van der Waals surface area contributed by atoms with E-state index in [1.807, 2.05) is 32.9 Å². The SMILES string of the molecule is Cc1cc(OCc2c(C(C)C)cnn2-c2ccccc2OC(F)(F)F)ccc1-c1ccc(OC(=O)O)s1. The quantitative estimate of drug-likeness (QED) is 0.236. The second-order valence-electron chi connectivity index (χ2n) is 8.38. The number of thiophene rings is 1. The Bertz CT molecular complexity index is 1410. The third-order valence-electron chi connectivity index (χ3n) is 5.45. The molecule has 2 heterocycles. The number of carbonyl (C=O) groups is 1. The summed E-state index contributed by atoms with van der Waals surface area (Å²) in [6.07, 6.45) is -4.60. The minimum absolute atomic E-state index is 0.0493. The van der Waals surface area contributed by atoms with Crippen LogP contribution >= 0.6 is 11.3 Å². The third kappa shape index (κ3) is 6.23. The molecule has 1 N–H and O–H groups in total. The number of ether oxygens (including phenoxy) is 3. The Kier molecular flexibility index (Phi) is 7.44. The molecule has 7 nitrogen and oxygen atoms in total. The van der Waals surface area contributed by atoms with Crippen LogP contribution in [0.3, 0.4) is 0 Å². The Morgan fingerprint density at radius 1 is 1.14 bits per heavy atom. The molecule has 0 bridgehead atoms. The number of hydrogen-bond donors (Lipinski definition) is 1. The van der Waals surface area contributed by atoms with Gasteiger partial charge < -0.3 is 19.3 Å². The predicted molar refractivity (Wildman–Crippen MR) is 132 cm³/mol. The number of para-hydroxylation sites is 2. The van der Waals surface area contributed by atoms with E-state index in [4.69, 9.17) is 14.6 Å². The second-order valence-corrected chi connectivity index (χ2v) is 9.43. The summed E-state index contributed by atoms with van der Waals surface area (Å²) in [6.45, 7) is 5.88. The lowest BCUT2D eigenvalue weighted by molar-refractivity contribution is -0.274. The van der Waals surface area contributed by atoms with Crippen molar-refractivity contribution in [3.63, 3.8) is 0 Å². The van der Waals surface area contributed by atoms with Gasteiger partial charge in [0, 0.05) is 4.88 Å². The van der Waals surface area contributed by atoms with Gasteiger partial charge in [-0.2, -0.15) is 5.10 Å². The summed E-state index contributed by atoms with van der Waals surface area (Å²) in [5.41, 5.74) is 3.36. The lowest BCUT2D eigenvalue weighted by Crippen LogP contribution is -2.19. The molecule has 0 amide bonds. The Morgan fingerprint density at radius 2 is 1.89 bits per heavy atom. The van der Waals surface area contributed by atoms with Crippen molar-refractivity contribution in [2.45, 2.75) is 39.7 Å². The molecule has 194 valence electrons. The molecule has 0 radical (unpaired) electrons. The normalized spacial score (nSPS) is 11.5. The molecule has 37 heavy (non-hydrogen) atoms. The predicted octanol–water partition coefficient (Wildman–Crippen LogP) is 7.57. The fourth-order valence-corrected chi connectivity index (χ4v) is 4.76. The molecule has 0 saturated heterocycles. The highest BCUT2D eigenvalue weighted by Crippen LogP contribution is 2.36. The maximum atomic E-state index is 13.0. The van der Waals surface area contributed by atoms with Crippen molar-refractivity contribution in [3.05, 3.63) is 77.6 Å². The van der Waals surface area contributed by atoms with Gasteiger partial charge in [-0.15, -0.1) is 13.2 Å². The lowest BCUT2D eigenvalue weighted by Gasteiger charge is -2.17. The monoisotopic (exact) mass is 532 g/mol. The van der Waals surface area contributed by atoms with Gasteiger partial charge in [0.25, 0.3) is 0 Å². The van der Waals surface area contributed by atoms with E-state index in [0.717, 1.165) is 21.6 Å². The molecule has 2 aromatic heterocycles. The standard InChI is InChI=1S/C26H23F3N2O5S/c1-15(2)19-13-30-31(20-6-4-5-7-22(20)36-26(27,28)29)21(19)14-34-17-8-9-18(16(3)12-17)23-10-11-24(37-23)35-25(32)33/h4-13,15H,14H2,1-3H3,(H,32,33). The molecular formula is C26H23F3N2O5S. The molecule has 4 rings (SSSR count). The summed E-state index contributed by atoms with van der Waals surface area (Å²) in [7, 11) is 0. The van der Waals surface area contributed by atoms with Crippen LogP contribution in [0, 0.1) is 6.92 Å². The zero-order valence-electron chi connectivity index (χ0n) is 20.1. The van der Waals surface area contributed by atoms with Crippen molar-refractivity contribution in [2.75, 3.05) is 0 Å². The average molecular weight is 533 g/mol. The molecule has 0 aliphatic heterocycles. The first-order valence-corrected chi connectivity index (χ1v) is 12.0. The second kappa shape index (κ2) is 10.6. The number of aromatic nitrogens is 2. The minimum Gasteiger partial charge on any atom is -0.487 e. The maximum Gasteiger partial charge on any atom is 0.573 e. The van der Waals surface area contributed by atoms with Crippen LogP contribution in [0.25, 0.3) is 16.1 Å². The first kappa shape index (κ1) is 26.1. The molecule has 0 aliphatic carbocycles. The van der Waals surface area contributed by atoms with E-state index in [1.165, 1.54) is 34.2 Å². The Balaban J connectivity index is 1.60. The number of alkyl halides is 3. The number of halogens is 3. The van der Waals surface area contributed by atoms with Crippen LogP contribution in [-0.2, 0) is 6.61 Å². The summed E-state index contributed by atoms with van der Waals surface area (Å²) in [4.78, 5) is 11.6. The van der Waals surface area contributed by atoms with E-state index in [9.17, 15) is 18.0 Å². The summed E-state index contributed by atoms with van der Waals surface area (Å²) < 4.78 is 55.3. The maximum absolute atomic E-state index is 13.0. The van der Waals surface area contributed by atoms with Crippen molar-refractivity contribution in [3.8, 4) is 32.7 Å². The molecule has 0 saturated carbocycles. The molecule has 4 aromatic rings. The van der Waals surface area contributed by atoms with Crippen molar-refractivity contribution in [1.82, 2.24) is 9.78 Å². The van der Waals surface area contributed by atoms with Crippen molar-refractivity contribution >= 4 is 17.5 Å². The van der Waals surface area contributed by atoms with Crippen molar-refractivity contribution < 1.29 is 37.3 Å². The molecule has 0 aliphatic rings. The van der Waals surface area contributed by atoms with E-state index in [1.54, 1.807) is 30.5 Å². The van der Waals surface area contributed by atoms with Crippen LogP contribution in [0.1, 0.15) is 36.6 Å². The van der Waals surface area contributed by atoms with Gasteiger partial charge in [-0.3, -0.25) is 0 Å². The molecule has 0 unspecified atom stereocenters. The van der Waals surface area contributed by atoms with Crippen LogP contribution in [0.2, 0.25) is 0 Å². The Hall–Kier alpha value is -3.99. The fraction of sp³-hybridized carbons (Fsp3) is 0.231. The molecule has 11 heteroatoms. The highest BCUT2D eigenvalue weighted by molar-refractivity contribution is 7.17. The highest BCUT2D eigenvalue weighted by atomic mass is 32.1. The summed E-state index contributed by atoms with van der Waals surface area (Å²) >= 11 is 1.21. The minimum atomic E-state index is -4.84. The third-order valence-corrected chi connectivity index (χ3v) is 6.45. The van der Waals surface area contributed by atoms with Gasteiger partial charge in [0.2, 0.25) is 0 Å². The van der Waals surface area contributed by atoms with E-state index in [-0.39, 0.29) is 29.0 Å². The summed E-state index contributed by atoms with van der Waals surface area (Å²) in [5, 5.41) is 13.4. The topological polar surface area (TPSA) is 82.8 Å². The zero-order valence-corrected chi connectivity index (χ0v) is 20.9. The van der Waals surface area contributed by atoms with Gasteiger partial charge in [-0.1, -0.05) is 37.3 Å². The number of nitrogens with zero attached hydrogens (tertiary/aromatic N) is 2. The number of hydrogen-bond acceptors (Lipinski definition) is 6. The van der Waals surface area contributed by atoms with Crippen molar-refractivity contribution in [2.24, 2.45) is 0 Å². The fourth-order valence-electron chi connectivity index (χ4n) is 3.82. The first-order chi connectivity index (χ1) is 17.5. The van der Waals surface area contributed by atoms with Crippen LogP contribution in [-0.4, -0.2) is 27.4 Å². The smallest absolute Gasteiger partial charge is 0.487 e. The van der Waals surface area contributed by atoms with E-state index >= 15 is 0 Å². The number of rotatable bonds is 8. The number of carboxylic acid groups (broad SMARTS) is 1. The Labute approximate surface area is 214 Å². The Morgan fingerprint density at radius 3 is 2.57 bits per heavy atom. The number of benzene rings is 2. The molecule has 0 fully saturated rings. The molecular weight excluding hydrogens is 509 g/mol. The zero-order chi connectivity index (χ0) is 26.7. The summed E-state index contributed by atoms with van der Waals surface area (Å²) in [5.74, 6) is 0.243. The first-order valence-electron chi connectivity index (χ1n) is 11.2. The molecule has 2 aromatic carbocycles.